The first kappa shape index (κ1) is 16.7. The molecule has 2 nitrogen and oxygen atoms in total. The largest absolute Gasteiger partial charge is 0.465 e. The third-order valence-corrected chi connectivity index (χ3v) is 3.52. The van der Waals surface area contributed by atoms with Crippen LogP contribution >= 0.6 is 0 Å². The van der Waals surface area contributed by atoms with Crippen LogP contribution in [0.1, 0.15) is 64.4 Å². The molecule has 0 N–H and O–H groups in total. The molecule has 0 bridgehead atoms. The van der Waals surface area contributed by atoms with Crippen molar-refractivity contribution >= 4 is 5.97 Å². The summed E-state index contributed by atoms with van der Waals surface area (Å²) in [6.07, 6.45) is 5.24. The van der Waals surface area contributed by atoms with Crippen LogP contribution in [-0.2, 0) is 9.53 Å². The van der Waals surface area contributed by atoms with Crippen LogP contribution in [0.4, 0.5) is 0 Å². The van der Waals surface area contributed by atoms with Crippen LogP contribution in [0.25, 0.3) is 0 Å². The number of hydrogen-bond acceptors (Lipinski definition) is 2. The van der Waals surface area contributed by atoms with E-state index in [1.54, 1.807) is 0 Å². The molecule has 0 aliphatic carbocycles. The molecule has 0 saturated carbocycles. The Labute approximate surface area is 123 Å². The van der Waals surface area contributed by atoms with E-state index >= 15 is 0 Å². The fraction of sp³-hybridized carbons (Fsp3) is 0.611. The van der Waals surface area contributed by atoms with Crippen molar-refractivity contribution in [3.63, 3.8) is 0 Å². The third-order valence-electron chi connectivity index (χ3n) is 3.52. The second-order valence-electron chi connectivity index (χ2n) is 5.81. The van der Waals surface area contributed by atoms with E-state index in [2.05, 4.69) is 20.8 Å². The lowest BCUT2D eigenvalue weighted by atomic mass is 9.93. The Kier molecular flexibility index (Phi) is 8.01. The summed E-state index contributed by atoms with van der Waals surface area (Å²) in [5.74, 6) is 0.404. The maximum absolute atomic E-state index is 12.3. The zero-order valence-corrected chi connectivity index (χ0v) is 13.1. The summed E-state index contributed by atoms with van der Waals surface area (Å²) in [7, 11) is 0. The number of carbonyl (C=O) groups is 1. The van der Waals surface area contributed by atoms with E-state index in [1.807, 2.05) is 30.3 Å². The molecule has 0 saturated heterocycles. The average molecular weight is 276 g/mol. The van der Waals surface area contributed by atoms with E-state index in [9.17, 15) is 4.79 Å². The van der Waals surface area contributed by atoms with Crippen molar-refractivity contribution in [1.82, 2.24) is 0 Å². The fourth-order valence-electron chi connectivity index (χ4n) is 2.20. The van der Waals surface area contributed by atoms with Gasteiger partial charge in [0.25, 0.3) is 0 Å². The van der Waals surface area contributed by atoms with Crippen LogP contribution < -0.4 is 0 Å². The normalized spacial score (nSPS) is 12.4. The summed E-state index contributed by atoms with van der Waals surface area (Å²) in [6.45, 7) is 7.00. The molecule has 0 aliphatic rings. The Morgan fingerprint density at radius 3 is 2.40 bits per heavy atom. The Bertz CT molecular complexity index is 370. The van der Waals surface area contributed by atoms with Gasteiger partial charge in [-0.3, -0.25) is 4.79 Å². The number of hydrogen-bond donors (Lipinski definition) is 0. The summed E-state index contributed by atoms with van der Waals surface area (Å²) in [5.41, 5.74) is 1.08. The van der Waals surface area contributed by atoms with Crippen molar-refractivity contribution in [2.75, 3.05) is 6.61 Å². The van der Waals surface area contributed by atoms with Gasteiger partial charge in [-0.2, -0.15) is 0 Å². The summed E-state index contributed by atoms with van der Waals surface area (Å²) in [4.78, 5) is 12.3. The van der Waals surface area contributed by atoms with Gasteiger partial charge in [0.2, 0.25) is 0 Å². The summed E-state index contributed by atoms with van der Waals surface area (Å²) in [5, 5.41) is 0. The molecule has 0 heterocycles. The number of ether oxygens (including phenoxy) is 1. The third kappa shape index (κ3) is 6.23. The van der Waals surface area contributed by atoms with Crippen molar-refractivity contribution < 1.29 is 9.53 Å². The van der Waals surface area contributed by atoms with Crippen LogP contribution in [0.5, 0.6) is 0 Å². The average Bonchev–Trinajstić information content (AvgIpc) is 2.44. The zero-order valence-electron chi connectivity index (χ0n) is 13.1. The minimum atomic E-state index is -0.102. The van der Waals surface area contributed by atoms with E-state index in [-0.39, 0.29) is 11.9 Å². The van der Waals surface area contributed by atoms with Gasteiger partial charge in [0, 0.05) is 0 Å². The maximum Gasteiger partial charge on any atom is 0.313 e. The minimum absolute atomic E-state index is 0.0621. The van der Waals surface area contributed by atoms with E-state index in [1.165, 1.54) is 12.8 Å². The molecule has 0 spiro atoms. The molecular formula is C18H28O2. The minimum Gasteiger partial charge on any atom is -0.465 e. The number of carbonyl (C=O) groups excluding carboxylic acids is 1. The first-order valence-corrected chi connectivity index (χ1v) is 7.86. The SMILES string of the molecule is CCCCCC(C(=O)OCCC(C)C)c1ccccc1. The topological polar surface area (TPSA) is 26.3 Å². The Morgan fingerprint density at radius 2 is 1.80 bits per heavy atom. The van der Waals surface area contributed by atoms with E-state index in [0.29, 0.717) is 12.5 Å². The highest BCUT2D eigenvalue weighted by Crippen LogP contribution is 2.24. The Balaban J connectivity index is 2.59. The van der Waals surface area contributed by atoms with E-state index in [0.717, 1.165) is 24.8 Å². The van der Waals surface area contributed by atoms with Crippen LogP contribution in [-0.4, -0.2) is 12.6 Å². The standard InChI is InChI=1S/C18H28O2/c1-4-5-7-12-17(16-10-8-6-9-11-16)18(19)20-14-13-15(2)3/h6,8-11,15,17H,4-5,7,12-14H2,1-3H3. The summed E-state index contributed by atoms with van der Waals surface area (Å²) >= 11 is 0. The van der Waals surface area contributed by atoms with Crippen molar-refractivity contribution in [3.8, 4) is 0 Å². The predicted molar refractivity (Wildman–Crippen MR) is 83.7 cm³/mol. The molecule has 1 aromatic rings. The zero-order chi connectivity index (χ0) is 14.8. The number of esters is 1. The molecule has 0 aromatic heterocycles. The molecule has 0 aliphatic heterocycles. The molecular weight excluding hydrogens is 248 g/mol. The molecule has 1 rings (SSSR count). The van der Waals surface area contributed by atoms with E-state index in [4.69, 9.17) is 4.74 Å². The van der Waals surface area contributed by atoms with E-state index < -0.39 is 0 Å². The number of rotatable bonds is 9. The van der Waals surface area contributed by atoms with Gasteiger partial charge in [-0.25, -0.2) is 0 Å². The molecule has 0 fully saturated rings. The first-order chi connectivity index (χ1) is 9.65. The van der Waals surface area contributed by atoms with Gasteiger partial charge in [0.05, 0.1) is 12.5 Å². The lowest BCUT2D eigenvalue weighted by molar-refractivity contribution is -0.146. The maximum atomic E-state index is 12.3. The molecule has 112 valence electrons. The lowest BCUT2D eigenvalue weighted by Gasteiger charge is -2.17. The molecule has 0 amide bonds. The summed E-state index contributed by atoms with van der Waals surface area (Å²) < 4.78 is 5.46. The highest BCUT2D eigenvalue weighted by Gasteiger charge is 2.21. The van der Waals surface area contributed by atoms with Gasteiger partial charge in [-0.15, -0.1) is 0 Å². The molecule has 1 aromatic carbocycles. The molecule has 20 heavy (non-hydrogen) atoms. The van der Waals surface area contributed by atoms with Gasteiger partial charge in [0.15, 0.2) is 0 Å². The second-order valence-corrected chi connectivity index (χ2v) is 5.81. The molecule has 1 unspecified atom stereocenters. The number of unbranched alkanes of at least 4 members (excludes halogenated alkanes) is 2. The van der Waals surface area contributed by atoms with Crippen molar-refractivity contribution in [2.45, 2.75) is 58.8 Å². The van der Waals surface area contributed by atoms with Crippen molar-refractivity contribution in [1.29, 1.82) is 0 Å². The van der Waals surface area contributed by atoms with Gasteiger partial charge in [0.1, 0.15) is 0 Å². The van der Waals surface area contributed by atoms with Crippen molar-refractivity contribution in [2.24, 2.45) is 5.92 Å². The lowest BCUT2D eigenvalue weighted by Crippen LogP contribution is -2.17. The van der Waals surface area contributed by atoms with Crippen LogP contribution in [0.15, 0.2) is 30.3 Å². The van der Waals surface area contributed by atoms with Crippen LogP contribution in [0.3, 0.4) is 0 Å². The van der Waals surface area contributed by atoms with Crippen molar-refractivity contribution in [3.05, 3.63) is 35.9 Å². The smallest absolute Gasteiger partial charge is 0.313 e. The monoisotopic (exact) mass is 276 g/mol. The Morgan fingerprint density at radius 1 is 1.10 bits per heavy atom. The van der Waals surface area contributed by atoms with Gasteiger partial charge >= 0.3 is 5.97 Å². The molecule has 0 radical (unpaired) electrons. The molecule has 2 heteroatoms. The number of benzene rings is 1. The second kappa shape index (κ2) is 9.57. The van der Waals surface area contributed by atoms with Gasteiger partial charge in [-0.05, 0) is 24.3 Å². The van der Waals surface area contributed by atoms with Crippen LogP contribution in [0, 0.1) is 5.92 Å². The highest BCUT2D eigenvalue weighted by atomic mass is 16.5. The first-order valence-electron chi connectivity index (χ1n) is 7.86. The van der Waals surface area contributed by atoms with Crippen LogP contribution in [0.2, 0.25) is 0 Å². The summed E-state index contributed by atoms with van der Waals surface area (Å²) in [6, 6.07) is 10.0. The molecule has 1 atom stereocenters. The predicted octanol–water partition coefficient (Wildman–Crippen LogP) is 4.94. The van der Waals surface area contributed by atoms with Gasteiger partial charge < -0.3 is 4.74 Å². The highest BCUT2D eigenvalue weighted by molar-refractivity contribution is 5.78. The quantitative estimate of drug-likeness (QED) is 0.471. The fourth-order valence-corrected chi connectivity index (χ4v) is 2.20. The van der Waals surface area contributed by atoms with Gasteiger partial charge in [-0.1, -0.05) is 70.4 Å². The Hall–Kier alpha value is -1.31.